The second-order valence-electron chi connectivity index (χ2n) is 7.48. The van der Waals surface area contributed by atoms with E-state index in [9.17, 15) is 5.11 Å². The van der Waals surface area contributed by atoms with Crippen LogP contribution in [0.4, 0.5) is 0 Å². The van der Waals surface area contributed by atoms with E-state index in [-0.39, 0.29) is 24.7 Å². The Morgan fingerprint density at radius 2 is 2.25 bits per heavy atom. The third kappa shape index (κ3) is 1.65. The normalized spacial score (nSPS) is 38.6. The minimum absolute atomic E-state index is 0.0230. The van der Waals surface area contributed by atoms with Crippen LogP contribution in [0.5, 0.6) is 11.5 Å². The molecule has 5 heteroatoms. The molecule has 5 nitrogen and oxygen atoms in total. The fraction of sp³-hybridized carbons (Fsp3) is 0.579. The molecule has 1 saturated heterocycles. The molecule has 5 rings (SSSR count). The zero-order chi connectivity index (χ0) is 16.5. The molecule has 1 fully saturated rings. The molecule has 2 aliphatic heterocycles. The van der Waals surface area contributed by atoms with Gasteiger partial charge in [0.15, 0.2) is 11.5 Å². The summed E-state index contributed by atoms with van der Waals surface area (Å²) in [6.07, 6.45) is 5.28. The highest BCUT2D eigenvalue weighted by atomic mass is 16.5. The van der Waals surface area contributed by atoms with Crippen LogP contribution in [-0.2, 0) is 11.8 Å². The highest BCUT2D eigenvalue weighted by molar-refractivity contribution is 5.62. The van der Waals surface area contributed by atoms with Crippen LogP contribution >= 0.6 is 0 Å². The number of ether oxygens (including phenoxy) is 2. The number of likely N-dealkylation sites (N-methyl/N-ethyl adjacent to an activating group) is 1. The summed E-state index contributed by atoms with van der Waals surface area (Å²) >= 11 is 0. The van der Waals surface area contributed by atoms with Gasteiger partial charge in [-0.05, 0) is 38.1 Å². The van der Waals surface area contributed by atoms with Gasteiger partial charge in [0.2, 0.25) is 0 Å². The zero-order valence-corrected chi connectivity index (χ0v) is 13.8. The Labute approximate surface area is 141 Å². The standard InChI is InChI=1S/C19H23NO4/c1-20-7-6-19-12-3-4-14(22)18(19)24-17-15(23-9-8-21)5-2-11(16(17)19)10-13(12)20/h2-5,12-14,18,21-22H,6-10H2,1H3/t12-,13+,14-,18-,19-/m0/s1. The van der Waals surface area contributed by atoms with Crippen molar-refractivity contribution in [1.82, 2.24) is 4.90 Å². The van der Waals surface area contributed by atoms with Gasteiger partial charge in [-0.1, -0.05) is 18.2 Å². The summed E-state index contributed by atoms with van der Waals surface area (Å²) in [5.74, 6) is 1.85. The topological polar surface area (TPSA) is 62.2 Å². The van der Waals surface area contributed by atoms with E-state index in [1.54, 1.807) is 0 Å². The summed E-state index contributed by atoms with van der Waals surface area (Å²) in [6.45, 7) is 1.25. The van der Waals surface area contributed by atoms with Gasteiger partial charge < -0.3 is 24.6 Å². The highest BCUT2D eigenvalue weighted by Gasteiger charge is 2.64. The van der Waals surface area contributed by atoms with E-state index in [1.165, 1.54) is 11.1 Å². The van der Waals surface area contributed by atoms with Crippen LogP contribution in [0.25, 0.3) is 0 Å². The number of aliphatic hydroxyl groups is 2. The summed E-state index contributed by atoms with van der Waals surface area (Å²) in [4.78, 5) is 2.45. The number of hydrogen-bond acceptors (Lipinski definition) is 5. The van der Waals surface area contributed by atoms with Crippen molar-refractivity contribution < 1.29 is 19.7 Å². The van der Waals surface area contributed by atoms with Crippen molar-refractivity contribution in [1.29, 1.82) is 0 Å². The van der Waals surface area contributed by atoms with Crippen LogP contribution in [0.2, 0.25) is 0 Å². The third-order valence-electron chi connectivity index (χ3n) is 6.48. The van der Waals surface area contributed by atoms with E-state index in [4.69, 9.17) is 14.6 Å². The molecule has 4 aliphatic rings. The lowest BCUT2D eigenvalue weighted by Crippen LogP contribution is -2.64. The quantitative estimate of drug-likeness (QED) is 0.806. The lowest BCUT2D eigenvalue weighted by molar-refractivity contribution is -0.0454. The lowest BCUT2D eigenvalue weighted by atomic mass is 9.53. The molecule has 1 spiro atoms. The van der Waals surface area contributed by atoms with Gasteiger partial charge in [0.1, 0.15) is 18.8 Å². The van der Waals surface area contributed by atoms with Crippen molar-refractivity contribution in [3.63, 3.8) is 0 Å². The van der Waals surface area contributed by atoms with Crippen LogP contribution in [0.15, 0.2) is 24.3 Å². The molecular formula is C19H23NO4. The van der Waals surface area contributed by atoms with Crippen LogP contribution < -0.4 is 9.47 Å². The summed E-state index contributed by atoms with van der Waals surface area (Å²) in [5, 5.41) is 19.7. The molecule has 0 radical (unpaired) electrons. The average molecular weight is 329 g/mol. The molecule has 1 aromatic rings. The molecule has 2 aliphatic carbocycles. The highest BCUT2D eigenvalue weighted by Crippen LogP contribution is 2.62. The van der Waals surface area contributed by atoms with Crippen molar-refractivity contribution in [2.75, 3.05) is 26.8 Å². The zero-order valence-electron chi connectivity index (χ0n) is 13.8. The van der Waals surface area contributed by atoms with Gasteiger partial charge in [-0.15, -0.1) is 0 Å². The predicted molar refractivity (Wildman–Crippen MR) is 88.5 cm³/mol. The molecule has 24 heavy (non-hydrogen) atoms. The first-order chi connectivity index (χ1) is 11.7. The number of rotatable bonds is 3. The Bertz CT molecular complexity index is 718. The van der Waals surface area contributed by atoms with Crippen molar-refractivity contribution in [3.8, 4) is 11.5 Å². The van der Waals surface area contributed by atoms with Crippen LogP contribution in [0.1, 0.15) is 17.5 Å². The second kappa shape index (κ2) is 4.97. The monoisotopic (exact) mass is 329 g/mol. The van der Waals surface area contributed by atoms with Gasteiger partial charge in [0.05, 0.1) is 6.61 Å². The van der Waals surface area contributed by atoms with Crippen LogP contribution in [0, 0.1) is 5.92 Å². The fourth-order valence-electron chi connectivity index (χ4n) is 5.50. The summed E-state index contributed by atoms with van der Waals surface area (Å²) < 4.78 is 12.0. The van der Waals surface area contributed by atoms with E-state index in [1.807, 2.05) is 12.1 Å². The largest absolute Gasteiger partial charge is 0.487 e. The molecule has 1 aromatic carbocycles. The first-order valence-electron chi connectivity index (χ1n) is 8.80. The van der Waals surface area contributed by atoms with E-state index in [0.29, 0.717) is 17.7 Å². The van der Waals surface area contributed by atoms with Crippen molar-refractivity contribution >= 4 is 0 Å². The maximum absolute atomic E-state index is 10.6. The van der Waals surface area contributed by atoms with E-state index in [0.717, 1.165) is 25.1 Å². The van der Waals surface area contributed by atoms with Gasteiger partial charge in [-0.2, -0.15) is 0 Å². The van der Waals surface area contributed by atoms with E-state index < -0.39 is 6.10 Å². The van der Waals surface area contributed by atoms with Gasteiger partial charge in [-0.25, -0.2) is 0 Å². The Balaban J connectivity index is 1.72. The molecule has 128 valence electrons. The van der Waals surface area contributed by atoms with E-state index in [2.05, 4.69) is 24.1 Å². The van der Waals surface area contributed by atoms with Crippen LogP contribution in [-0.4, -0.2) is 60.2 Å². The summed E-state index contributed by atoms with van der Waals surface area (Å²) in [7, 11) is 2.20. The second-order valence-corrected chi connectivity index (χ2v) is 7.48. The molecular weight excluding hydrogens is 306 g/mol. The van der Waals surface area contributed by atoms with Gasteiger partial charge in [0, 0.05) is 22.9 Å². The van der Waals surface area contributed by atoms with Gasteiger partial charge >= 0.3 is 0 Å². The Morgan fingerprint density at radius 3 is 3.08 bits per heavy atom. The molecule has 0 unspecified atom stereocenters. The molecule has 0 aromatic heterocycles. The number of aliphatic hydroxyl groups excluding tert-OH is 2. The van der Waals surface area contributed by atoms with E-state index >= 15 is 0 Å². The fourth-order valence-corrected chi connectivity index (χ4v) is 5.50. The number of likely N-dealkylation sites (tertiary alicyclic amines) is 1. The van der Waals surface area contributed by atoms with Crippen LogP contribution in [0.3, 0.4) is 0 Å². The predicted octanol–water partition coefficient (Wildman–Crippen LogP) is 0.864. The third-order valence-corrected chi connectivity index (χ3v) is 6.48. The first-order valence-corrected chi connectivity index (χ1v) is 8.80. The van der Waals surface area contributed by atoms with Gasteiger partial charge in [-0.3, -0.25) is 0 Å². The minimum atomic E-state index is -0.589. The smallest absolute Gasteiger partial charge is 0.166 e. The Morgan fingerprint density at radius 1 is 1.38 bits per heavy atom. The number of hydrogen-bond donors (Lipinski definition) is 2. The maximum Gasteiger partial charge on any atom is 0.166 e. The van der Waals surface area contributed by atoms with Crippen molar-refractivity contribution in [3.05, 3.63) is 35.4 Å². The number of piperidine rings is 1. The number of nitrogens with zero attached hydrogens (tertiary/aromatic N) is 1. The van der Waals surface area contributed by atoms with Gasteiger partial charge in [0.25, 0.3) is 0 Å². The summed E-state index contributed by atoms with van der Waals surface area (Å²) in [5.41, 5.74) is 2.42. The van der Waals surface area contributed by atoms with Crippen molar-refractivity contribution in [2.45, 2.75) is 36.5 Å². The molecule has 2 bridgehead atoms. The molecule has 0 saturated carbocycles. The lowest BCUT2D eigenvalue weighted by Gasteiger charge is -2.56. The first kappa shape index (κ1) is 14.8. The summed E-state index contributed by atoms with van der Waals surface area (Å²) in [6, 6.07) is 4.55. The van der Waals surface area contributed by atoms with Crippen molar-refractivity contribution in [2.24, 2.45) is 5.92 Å². The maximum atomic E-state index is 10.6. The minimum Gasteiger partial charge on any atom is -0.487 e. The Hall–Kier alpha value is -1.56. The molecule has 2 heterocycles. The SMILES string of the molecule is CN1CC[C@]23c4c5ccc(OCCO)c4O[C@H]2[C@@H](O)C=C[C@H]3[C@H]1C5. The average Bonchev–Trinajstić information content (AvgIpc) is 2.94. The molecule has 2 N–H and O–H groups in total. The number of benzene rings is 1. The molecule has 0 amide bonds. The Kier molecular flexibility index (Phi) is 3.06. The molecule has 5 atom stereocenters.